The van der Waals surface area contributed by atoms with Crippen molar-refractivity contribution in [1.29, 1.82) is 0 Å². The van der Waals surface area contributed by atoms with Gasteiger partial charge in [-0.25, -0.2) is 0 Å². The highest BCUT2D eigenvalue weighted by Crippen LogP contribution is 2.23. The van der Waals surface area contributed by atoms with Crippen LogP contribution in [0.1, 0.15) is 21.5 Å². The lowest BCUT2D eigenvalue weighted by molar-refractivity contribution is 0.0951. The number of carbonyl (C=O) groups excluding carboxylic acids is 1. The second kappa shape index (κ2) is 5.51. The molecule has 0 unspecified atom stereocenters. The fourth-order valence-corrected chi connectivity index (χ4v) is 1.65. The molecule has 0 spiro atoms. The second-order valence-electron chi connectivity index (χ2n) is 3.70. The highest BCUT2D eigenvalue weighted by atomic mass is 16.5. The Bertz CT molecular complexity index is 389. The molecule has 0 heterocycles. The molecule has 0 radical (unpaired) electrons. The van der Waals surface area contributed by atoms with Crippen molar-refractivity contribution in [3.05, 3.63) is 28.8 Å². The minimum Gasteiger partial charge on any atom is -0.496 e. The molecular weight excluding hydrogens is 204 g/mol. The molecule has 0 aliphatic rings. The smallest absolute Gasteiger partial charge is 0.255 e. The van der Waals surface area contributed by atoms with Crippen LogP contribution in [0.5, 0.6) is 5.75 Å². The zero-order chi connectivity index (χ0) is 12.1. The van der Waals surface area contributed by atoms with Gasteiger partial charge in [-0.05, 0) is 31.0 Å². The van der Waals surface area contributed by atoms with Crippen molar-refractivity contribution in [2.24, 2.45) is 5.73 Å². The largest absolute Gasteiger partial charge is 0.496 e. The summed E-state index contributed by atoms with van der Waals surface area (Å²) < 4.78 is 5.22. The summed E-state index contributed by atoms with van der Waals surface area (Å²) in [6.07, 6.45) is 0. The quantitative estimate of drug-likeness (QED) is 0.798. The van der Waals surface area contributed by atoms with Crippen LogP contribution in [-0.2, 0) is 0 Å². The maximum absolute atomic E-state index is 11.9. The number of benzene rings is 1. The van der Waals surface area contributed by atoms with Crippen molar-refractivity contribution in [2.75, 3.05) is 20.2 Å². The van der Waals surface area contributed by atoms with Gasteiger partial charge in [-0.3, -0.25) is 4.79 Å². The van der Waals surface area contributed by atoms with E-state index >= 15 is 0 Å². The third-order valence-electron chi connectivity index (χ3n) is 2.32. The number of aryl methyl sites for hydroxylation is 2. The summed E-state index contributed by atoms with van der Waals surface area (Å²) in [5, 5.41) is 2.74. The number of rotatable bonds is 4. The number of hydrogen-bond acceptors (Lipinski definition) is 3. The lowest BCUT2D eigenvalue weighted by Crippen LogP contribution is -2.29. The van der Waals surface area contributed by atoms with Crippen LogP contribution in [0.3, 0.4) is 0 Å². The lowest BCUT2D eigenvalue weighted by Gasteiger charge is -2.12. The first kappa shape index (κ1) is 12.5. The molecule has 0 saturated carbocycles. The van der Waals surface area contributed by atoms with Gasteiger partial charge in [-0.1, -0.05) is 6.07 Å². The van der Waals surface area contributed by atoms with Gasteiger partial charge in [0.15, 0.2) is 0 Å². The van der Waals surface area contributed by atoms with Crippen LogP contribution in [0, 0.1) is 13.8 Å². The molecule has 0 aliphatic heterocycles. The van der Waals surface area contributed by atoms with Crippen molar-refractivity contribution in [1.82, 2.24) is 5.32 Å². The van der Waals surface area contributed by atoms with Crippen LogP contribution in [0.2, 0.25) is 0 Å². The van der Waals surface area contributed by atoms with E-state index in [0.29, 0.717) is 24.4 Å². The van der Waals surface area contributed by atoms with Crippen molar-refractivity contribution >= 4 is 5.91 Å². The first-order valence-electron chi connectivity index (χ1n) is 5.23. The van der Waals surface area contributed by atoms with E-state index < -0.39 is 0 Å². The first-order valence-corrected chi connectivity index (χ1v) is 5.23. The molecule has 1 rings (SSSR count). The molecule has 1 aromatic rings. The SMILES string of the molecule is COc1cc(C)cc(C)c1C(=O)NCCN. The van der Waals surface area contributed by atoms with Crippen molar-refractivity contribution in [2.45, 2.75) is 13.8 Å². The van der Waals surface area contributed by atoms with Gasteiger partial charge in [0, 0.05) is 13.1 Å². The van der Waals surface area contributed by atoms with Gasteiger partial charge in [0.05, 0.1) is 12.7 Å². The van der Waals surface area contributed by atoms with Crippen molar-refractivity contribution in [3.8, 4) is 5.75 Å². The predicted octanol–water partition coefficient (Wildman–Crippen LogP) is 1.00. The highest BCUT2D eigenvalue weighted by Gasteiger charge is 2.15. The molecule has 3 N–H and O–H groups in total. The number of hydrogen-bond donors (Lipinski definition) is 2. The van der Waals surface area contributed by atoms with Gasteiger partial charge in [0.2, 0.25) is 0 Å². The summed E-state index contributed by atoms with van der Waals surface area (Å²) in [6, 6.07) is 3.81. The fourth-order valence-electron chi connectivity index (χ4n) is 1.65. The minimum atomic E-state index is -0.139. The normalized spacial score (nSPS) is 10.0. The van der Waals surface area contributed by atoms with Crippen LogP contribution >= 0.6 is 0 Å². The van der Waals surface area contributed by atoms with Crippen LogP contribution in [0.25, 0.3) is 0 Å². The van der Waals surface area contributed by atoms with Gasteiger partial charge in [0.1, 0.15) is 5.75 Å². The molecule has 88 valence electrons. The minimum absolute atomic E-state index is 0.139. The Hall–Kier alpha value is -1.55. The number of nitrogens with two attached hydrogens (primary N) is 1. The molecule has 4 heteroatoms. The predicted molar refractivity (Wildman–Crippen MR) is 63.9 cm³/mol. The average molecular weight is 222 g/mol. The summed E-state index contributed by atoms with van der Waals surface area (Å²) in [4.78, 5) is 11.9. The molecule has 0 aromatic heterocycles. The molecule has 4 nitrogen and oxygen atoms in total. The Morgan fingerprint density at radius 1 is 1.44 bits per heavy atom. The van der Waals surface area contributed by atoms with E-state index in [2.05, 4.69) is 5.32 Å². The zero-order valence-corrected chi connectivity index (χ0v) is 9.96. The Morgan fingerprint density at radius 2 is 2.12 bits per heavy atom. The van der Waals surface area contributed by atoms with Gasteiger partial charge in [-0.2, -0.15) is 0 Å². The number of carbonyl (C=O) groups is 1. The standard InChI is InChI=1S/C12H18N2O2/c1-8-6-9(2)11(10(7-8)16-3)12(15)14-5-4-13/h6-7H,4-5,13H2,1-3H3,(H,14,15). The number of nitrogens with one attached hydrogen (secondary N) is 1. The average Bonchev–Trinajstić information content (AvgIpc) is 2.24. The Balaban J connectivity index is 3.06. The van der Waals surface area contributed by atoms with Crippen molar-refractivity contribution in [3.63, 3.8) is 0 Å². The van der Waals surface area contributed by atoms with Gasteiger partial charge < -0.3 is 15.8 Å². The van der Waals surface area contributed by atoms with Crippen LogP contribution in [-0.4, -0.2) is 26.1 Å². The summed E-state index contributed by atoms with van der Waals surface area (Å²) in [6.45, 7) is 4.76. The summed E-state index contributed by atoms with van der Waals surface area (Å²) in [7, 11) is 1.56. The molecular formula is C12H18N2O2. The zero-order valence-electron chi connectivity index (χ0n) is 9.96. The van der Waals surface area contributed by atoms with E-state index in [-0.39, 0.29) is 5.91 Å². The summed E-state index contributed by atoms with van der Waals surface area (Å²) >= 11 is 0. The van der Waals surface area contributed by atoms with Crippen LogP contribution in [0.4, 0.5) is 0 Å². The van der Waals surface area contributed by atoms with Gasteiger partial charge >= 0.3 is 0 Å². The van der Waals surface area contributed by atoms with Crippen LogP contribution in [0.15, 0.2) is 12.1 Å². The Morgan fingerprint density at radius 3 is 2.69 bits per heavy atom. The molecule has 0 fully saturated rings. The second-order valence-corrected chi connectivity index (χ2v) is 3.70. The van der Waals surface area contributed by atoms with Crippen LogP contribution < -0.4 is 15.8 Å². The maximum atomic E-state index is 11.9. The molecule has 16 heavy (non-hydrogen) atoms. The fraction of sp³-hybridized carbons (Fsp3) is 0.417. The molecule has 1 aromatic carbocycles. The Kier molecular flexibility index (Phi) is 4.31. The van der Waals surface area contributed by atoms with E-state index in [4.69, 9.17) is 10.5 Å². The van der Waals surface area contributed by atoms with E-state index in [9.17, 15) is 4.79 Å². The van der Waals surface area contributed by atoms with E-state index in [1.807, 2.05) is 26.0 Å². The lowest BCUT2D eigenvalue weighted by atomic mass is 10.0. The van der Waals surface area contributed by atoms with E-state index in [1.54, 1.807) is 7.11 Å². The molecule has 0 atom stereocenters. The first-order chi connectivity index (χ1) is 7.60. The number of ether oxygens (including phenoxy) is 1. The topological polar surface area (TPSA) is 64.3 Å². The third-order valence-corrected chi connectivity index (χ3v) is 2.32. The number of methoxy groups -OCH3 is 1. The molecule has 1 amide bonds. The molecule has 0 saturated heterocycles. The molecule has 0 aliphatic carbocycles. The van der Waals surface area contributed by atoms with Crippen molar-refractivity contribution < 1.29 is 9.53 Å². The van der Waals surface area contributed by atoms with E-state index in [1.165, 1.54) is 0 Å². The van der Waals surface area contributed by atoms with Gasteiger partial charge in [0.25, 0.3) is 5.91 Å². The Labute approximate surface area is 95.8 Å². The maximum Gasteiger partial charge on any atom is 0.255 e. The summed E-state index contributed by atoms with van der Waals surface area (Å²) in [5.41, 5.74) is 7.91. The van der Waals surface area contributed by atoms with E-state index in [0.717, 1.165) is 11.1 Å². The molecule has 0 bridgehead atoms. The number of amides is 1. The highest BCUT2D eigenvalue weighted by molar-refractivity contribution is 5.98. The summed E-state index contributed by atoms with van der Waals surface area (Å²) in [5.74, 6) is 0.465. The van der Waals surface area contributed by atoms with Gasteiger partial charge in [-0.15, -0.1) is 0 Å². The third kappa shape index (κ3) is 2.73. The monoisotopic (exact) mass is 222 g/mol.